The zero-order chi connectivity index (χ0) is 25.0. The van der Waals surface area contributed by atoms with E-state index in [0.717, 1.165) is 39.4 Å². The van der Waals surface area contributed by atoms with Crippen LogP contribution in [0.5, 0.6) is 0 Å². The molecule has 180 valence electrons. The van der Waals surface area contributed by atoms with Crippen LogP contribution in [0.15, 0.2) is 42.5 Å². The smallest absolute Gasteiger partial charge is 0.475 e. The zero-order valence-electron chi connectivity index (χ0n) is 18.6. The number of hydrogen-bond acceptors (Lipinski definition) is 4. The Kier molecular flexibility index (Phi) is 7.08. The first-order chi connectivity index (χ1) is 16.0. The summed E-state index contributed by atoms with van der Waals surface area (Å²) in [6.45, 7) is 7.26. The van der Waals surface area contributed by atoms with Crippen LogP contribution >= 0.6 is 0 Å². The predicted octanol–water partition coefficient (Wildman–Crippen LogP) is 4.12. The van der Waals surface area contributed by atoms with Gasteiger partial charge in [0.25, 0.3) is 0 Å². The van der Waals surface area contributed by atoms with Gasteiger partial charge in [-0.3, -0.25) is 4.40 Å². The molecule has 9 nitrogen and oxygen atoms in total. The van der Waals surface area contributed by atoms with Gasteiger partial charge >= 0.3 is 18.2 Å². The molecule has 2 amide bonds. The normalized spacial score (nSPS) is 11.2. The maximum absolute atomic E-state index is 11.8. The Balaban J connectivity index is 0.000000406. The molecule has 3 aromatic heterocycles. The zero-order valence-corrected chi connectivity index (χ0v) is 18.6. The molecular formula is C22H23F3N6O3. The molecule has 0 saturated heterocycles. The summed E-state index contributed by atoms with van der Waals surface area (Å²) in [4.78, 5) is 20.7. The van der Waals surface area contributed by atoms with Crippen molar-refractivity contribution in [1.82, 2.24) is 24.5 Å². The summed E-state index contributed by atoms with van der Waals surface area (Å²) in [5, 5.41) is 21.1. The first-order valence-electron chi connectivity index (χ1n) is 10.3. The van der Waals surface area contributed by atoms with E-state index in [9.17, 15) is 18.0 Å². The molecule has 3 N–H and O–H groups in total. The molecule has 0 unspecified atom stereocenters. The van der Waals surface area contributed by atoms with Gasteiger partial charge in [0.05, 0.1) is 11.0 Å². The molecule has 1 aromatic carbocycles. The highest BCUT2D eigenvalue weighted by molar-refractivity contribution is 5.89. The number of carboxylic acids is 1. The van der Waals surface area contributed by atoms with Gasteiger partial charge in [-0.1, -0.05) is 12.1 Å². The number of alkyl halides is 3. The number of nitrogens with one attached hydrogen (secondary N) is 2. The Morgan fingerprint density at radius 3 is 2.41 bits per heavy atom. The van der Waals surface area contributed by atoms with Crippen molar-refractivity contribution in [3.8, 4) is 0 Å². The van der Waals surface area contributed by atoms with E-state index in [-0.39, 0.29) is 6.03 Å². The van der Waals surface area contributed by atoms with Gasteiger partial charge in [-0.2, -0.15) is 13.2 Å². The van der Waals surface area contributed by atoms with Crippen LogP contribution in [0.4, 0.5) is 23.7 Å². The molecule has 0 bridgehead atoms. The molecule has 3 heterocycles. The molecule has 0 aliphatic rings. The molecule has 12 heteroatoms. The maximum atomic E-state index is 11.8. The monoisotopic (exact) mass is 476 g/mol. The van der Waals surface area contributed by atoms with Gasteiger partial charge < -0.3 is 20.3 Å². The van der Waals surface area contributed by atoms with E-state index in [1.54, 1.807) is 0 Å². The van der Waals surface area contributed by atoms with E-state index < -0.39 is 12.1 Å². The quantitative estimate of drug-likeness (QED) is 0.410. The molecule has 0 saturated carbocycles. The van der Waals surface area contributed by atoms with Gasteiger partial charge in [0.2, 0.25) is 0 Å². The number of carboxylic acid groups (broad SMARTS) is 1. The molecule has 0 fully saturated rings. The summed E-state index contributed by atoms with van der Waals surface area (Å²) < 4.78 is 36.1. The van der Waals surface area contributed by atoms with Crippen LogP contribution in [-0.4, -0.2) is 49.0 Å². The Bertz CT molecular complexity index is 1340. The summed E-state index contributed by atoms with van der Waals surface area (Å²) in [7, 11) is 0. The fourth-order valence-electron chi connectivity index (χ4n) is 3.45. The van der Waals surface area contributed by atoms with E-state index in [1.165, 1.54) is 0 Å². The molecule has 34 heavy (non-hydrogen) atoms. The van der Waals surface area contributed by atoms with Gasteiger partial charge in [-0.05, 0) is 56.7 Å². The second kappa shape index (κ2) is 9.81. The third kappa shape index (κ3) is 5.45. The van der Waals surface area contributed by atoms with Crippen molar-refractivity contribution >= 4 is 34.4 Å². The van der Waals surface area contributed by atoms with Crippen LogP contribution in [0.2, 0.25) is 0 Å². The van der Waals surface area contributed by atoms with Crippen LogP contribution in [0.25, 0.3) is 16.7 Å². The topological polar surface area (TPSA) is 114 Å². The van der Waals surface area contributed by atoms with Crippen molar-refractivity contribution in [1.29, 1.82) is 0 Å². The summed E-state index contributed by atoms with van der Waals surface area (Å²) in [6.07, 6.45) is -5.08. The lowest BCUT2D eigenvalue weighted by molar-refractivity contribution is -0.192. The van der Waals surface area contributed by atoms with E-state index in [0.29, 0.717) is 13.1 Å². The number of aryl methyl sites for hydroxylation is 2. The number of nitrogens with zero attached hydrogens (tertiary/aromatic N) is 4. The van der Waals surface area contributed by atoms with Crippen LogP contribution in [0.1, 0.15) is 24.0 Å². The fraction of sp³-hybridized carbons (Fsp3) is 0.273. The van der Waals surface area contributed by atoms with Crippen molar-refractivity contribution in [2.24, 2.45) is 0 Å². The highest BCUT2D eigenvalue weighted by Gasteiger charge is 2.38. The average Bonchev–Trinajstić information content (AvgIpc) is 3.28. The average molecular weight is 476 g/mol. The van der Waals surface area contributed by atoms with Gasteiger partial charge in [-0.15, -0.1) is 10.2 Å². The predicted molar refractivity (Wildman–Crippen MR) is 120 cm³/mol. The molecule has 0 aliphatic heterocycles. The number of halogens is 3. The van der Waals surface area contributed by atoms with E-state index in [1.807, 2.05) is 38.1 Å². The van der Waals surface area contributed by atoms with Gasteiger partial charge in [0.1, 0.15) is 5.82 Å². The molecule has 0 aliphatic carbocycles. The number of anilines is 1. The lowest BCUT2D eigenvalue weighted by Crippen LogP contribution is -2.28. The molecular weight excluding hydrogens is 453 g/mol. The molecule has 0 spiro atoms. The lowest BCUT2D eigenvalue weighted by atomic mass is 10.2. The Morgan fingerprint density at radius 2 is 1.76 bits per heavy atom. The molecule has 0 radical (unpaired) electrons. The number of fused-ring (bicyclic) bond motifs is 3. The molecule has 4 rings (SSSR count). The minimum absolute atomic E-state index is 0.192. The number of aromatic nitrogens is 4. The second-order valence-electron chi connectivity index (χ2n) is 7.40. The molecule has 4 aromatic rings. The second-order valence-corrected chi connectivity index (χ2v) is 7.40. The summed E-state index contributed by atoms with van der Waals surface area (Å²) >= 11 is 0. The number of carbonyl (C=O) groups excluding carboxylic acids is 1. The third-order valence-corrected chi connectivity index (χ3v) is 4.91. The highest BCUT2D eigenvalue weighted by Crippen LogP contribution is 2.24. The number of urea groups is 1. The van der Waals surface area contributed by atoms with Crippen molar-refractivity contribution < 1.29 is 27.9 Å². The SMILES string of the molecule is CCNC(=O)Nc1cccc(Cn2c(C)cc3c2ccc2nnc(C)n23)c1.O=C(O)C(F)(F)F. The van der Waals surface area contributed by atoms with Gasteiger partial charge in [-0.25, -0.2) is 9.59 Å². The number of hydrogen-bond donors (Lipinski definition) is 3. The first-order valence-corrected chi connectivity index (χ1v) is 10.3. The van der Waals surface area contributed by atoms with E-state index in [4.69, 9.17) is 9.90 Å². The Labute approximate surface area is 192 Å². The van der Waals surface area contributed by atoms with Gasteiger partial charge in [0, 0.05) is 24.5 Å². The van der Waals surface area contributed by atoms with Crippen molar-refractivity contribution in [3.63, 3.8) is 0 Å². The number of rotatable bonds is 4. The van der Waals surface area contributed by atoms with Crippen LogP contribution in [-0.2, 0) is 11.3 Å². The fourth-order valence-corrected chi connectivity index (χ4v) is 3.45. The van der Waals surface area contributed by atoms with E-state index >= 15 is 0 Å². The van der Waals surface area contributed by atoms with Crippen molar-refractivity contribution in [2.75, 3.05) is 11.9 Å². The minimum atomic E-state index is -5.08. The summed E-state index contributed by atoms with van der Waals surface area (Å²) in [5.41, 5.74) is 6.14. The lowest BCUT2D eigenvalue weighted by Gasteiger charge is -2.11. The standard InChI is InChI=1S/C20H22N6O.C2HF3O2/c1-4-21-20(27)22-16-7-5-6-15(11-16)12-25-13(2)10-18-17(25)8-9-19-24-23-14(3)26(18)19;3-2(4,5)1(6)7/h5-11H,4,12H2,1-3H3,(H2,21,22,27);(H,6,7). The van der Waals surface area contributed by atoms with Crippen molar-refractivity contribution in [2.45, 2.75) is 33.5 Å². The van der Waals surface area contributed by atoms with Crippen LogP contribution < -0.4 is 10.6 Å². The van der Waals surface area contributed by atoms with Crippen LogP contribution in [0, 0.1) is 13.8 Å². The Hall–Kier alpha value is -4.09. The van der Waals surface area contributed by atoms with Crippen LogP contribution in [0.3, 0.4) is 0 Å². The third-order valence-electron chi connectivity index (χ3n) is 4.91. The molecule has 0 atom stereocenters. The maximum Gasteiger partial charge on any atom is 0.490 e. The number of pyridine rings is 1. The van der Waals surface area contributed by atoms with E-state index in [2.05, 4.69) is 54.9 Å². The minimum Gasteiger partial charge on any atom is -0.475 e. The Morgan fingerprint density at radius 1 is 1.06 bits per heavy atom. The number of amides is 2. The summed E-state index contributed by atoms with van der Waals surface area (Å²) in [5.74, 6) is -1.88. The highest BCUT2D eigenvalue weighted by atomic mass is 19.4. The number of aliphatic carboxylic acids is 1. The summed E-state index contributed by atoms with van der Waals surface area (Å²) in [6, 6.07) is 14.0. The number of carbonyl (C=O) groups is 2. The van der Waals surface area contributed by atoms with Crippen molar-refractivity contribution in [3.05, 3.63) is 59.5 Å². The van der Waals surface area contributed by atoms with Gasteiger partial charge in [0.15, 0.2) is 5.65 Å². The number of benzene rings is 1. The first kappa shape index (κ1) is 24.6. The largest absolute Gasteiger partial charge is 0.490 e.